The van der Waals surface area contributed by atoms with Crippen LogP contribution in [-0.2, 0) is 38.6 Å². The van der Waals surface area contributed by atoms with Crippen LogP contribution in [0.3, 0.4) is 0 Å². The zero-order valence-electron chi connectivity index (χ0n) is 26.6. The van der Waals surface area contributed by atoms with Gasteiger partial charge in [0.2, 0.25) is 5.91 Å². The fraction of sp³-hybridized carbons (Fsp3) is 0.471. The number of nitrogens with one attached hydrogen (secondary N) is 1. The Morgan fingerprint density at radius 2 is 1.81 bits per heavy atom. The van der Waals surface area contributed by atoms with Crippen LogP contribution in [0.25, 0.3) is 0 Å². The number of carbonyl (C=O) groups is 2. The summed E-state index contributed by atoms with van der Waals surface area (Å²) in [5.74, 6) is -0.353. The summed E-state index contributed by atoms with van der Waals surface area (Å²) < 4.78 is 48.1. The third kappa shape index (κ3) is 15.6. The van der Waals surface area contributed by atoms with E-state index in [9.17, 15) is 38.0 Å². The first-order valence-electron chi connectivity index (χ1n) is 15.5. The lowest BCUT2D eigenvalue weighted by atomic mass is 10.1. The van der Waals surface area contributed by atoms with Gasteiger partial charge in [-0.25, -0.2) is 4.79 Å². The van der Waals surface area contributed by atoms with Gasteiger partial charge in [0.05, 0.1) is 18.3 Å². The number of hydrogen-bond donors (Lipinski definition) is 2. The predicted molar refractivity (Wildman–Crippen MR) is 168 cm³/mol. The van der Waals surface area contributed by atoms with Crippen LogP contribution in [0.5, 0.6) is 5.75 Å². The molecule has 0 aromatic heterocycles. The van der Waals surface area contributed by atoms with Gasteiger partial charge < -0.3 is 24.7 Å². The normalized spacial score (nSPS) is 16.7. The van der Waals surface area contributed by atoms with Crippen LogP contribution in [0.15, 0.2) is 72.8 Å². The Labute approximate surface area is 272 Å². The minimum absolute atomic E-state index is 0.0580. The molecule has 0 bridgehead atoms. The summed E-state index contributed by atoms with van der Waals surface area (Å²) in [6, 6.07) is 10.9. The van der Waals surface area contributed by atoms with Crippen molar-refractivity contribution >= 4 is 11.9 Å². The lowest BCUT2D eigenvalue weighted by Crippen LogP contribution is -2.39. The number of unbranched alkanes of at least 4 members (excludes halogenated alkanes) is 1. The number of aliphatic hydroxyl groups excluding tert-OH is 1. The minimum atomic E-state index is -4.35. The standard InChI is InChI=1S/C18H24N2O6.C16H19F3O2/c1-3-4-5-6-11-17(21)19-14(2)18(22)25-12-15-9-7-8-10-16(15)13-26-20(23)24;17-16(18,19)13-7-4-8-14(11-13)21-10-2-1-5-12-6-3-9-15(12)20/h3-4,7-10,14H,5-6,11-13H2,1-2H3,(H,19,21);1,4-5,7-8,11-12,15,20H,2-3,6,9-10H2/b4-3-;5-1+. The molecule has 3 rings (SSSR count). The Morgan fingerprint density at radius 3 is 2.45 bits per heavy atom. The lowest BCUT2D eigenvalue weighted by Gasteiger charge is -2.14. The number of esters is 1. The Kier molecular flexibility index (Phi) is 17.1. The smallest absolute Gasteiger partial charge is 0.416 e. The summed E-state index contributed by atoms with van der Waals surface area (Å²) >= 11 is 0. The number of rotatable bonds is 16. The Hall–Kier alpha value is -4.39. The first-order valence-corrected chi connectivity index (χ1v) is 15.5. The zero-order chi connectivity index (χ0) is 34.7. The number of alkyl halides is 3. The molecule has 1 saturated carbocycles. The average Bonchev–Trinajstić information content (AvgIpc) is 3.45. The molecule has 47 heavy (non-hydrogen) atoms. The summed E-state index contributed by atoms with van der Waals surface area (Å²) in [5.41, 5.74) is 0.454. The minimum Gasteiger partial charge on any atom is -0.493 e. The number of nitrogens with zero attached hydrogens (tertiary/aromatic N) is 1. The fourth-order valence-corrected chi connectivity index (χ4v) is 4.63. The molecular formula is C34H43F3N2O8. The van der Waals surface area contributed by atoms with E-state index < -0.39 is 28.8 Å². The maximum absolute atomic E-state index is 12.5. The first-order chi connectivity index (χ1) is 22.4. The van der Waals surface area contributed by atoms with E-state index in [1.807, 2.05) is 31.2 Å². The van der Waals surface area contributed by atoms with E-state index in [2.05, 4.69) is 10.2 Å². The highest BCUT2D eigenvalue weighted by molar-refractivity contribution is 5.84. The van der Waals surface area contributed by atoms with Crippen LogP contribution in [0, 0.1) is 16.0 Å². The van der Waals surface area contributed by atoms with Crippen LogP contribution in [-0.4, -0.2) is 40.8 Å². The molecule has 3 atom stereocenters. The molecule has 1 aliphatic rings. The van der Waals surface area contributed by atoms with Crippen molar-refractivity contribution in [2.45, 2.75) is 90.3 Å². The summed E-state index contributed by atoms with van der Waals surface area (Å²) in [4.78, 5) is 38.5. The van der Waals surface area contributed by atoms with Crippen molar-refractivity contribution in [3.05, 3.63) is 99.6 Å². The molecule has 0 saturated heterocycles. The van der Waals surface area contributed by atoms with Gasteiger partial charge in [0.25, 0.3) is 5.09 Å². The van der Waals surface area contributed by atoms with E-state index in [4.69, 9.17) is 9.47 Å². The fourth-order valence-electron chi connectivity index (χ4n) is 4.63. The van der Waals surface area contributed by atoms with Crippen molar-refractivity contribution < 1.29 is 47.3 Å². The molecular weight excluding hydrogens is 621 g/mol. The second-order valence-corrected chi connectivity index (χ2v) is 10.9. The second kappa shape index (κ2) is 20.7. The molecule has 0 spiro atoms. The molecule has 1 fully saturated rings. The van der Waals surface area contributed by atoms with Gasteiger partial charge >= 0.3 is 12.1 Å². The number of benzene rings is 2. The highest BCUT2D eigenvalue weighted by atomic mass is 19.4. The van der Waals surface area contributed by atoms with Gasteiger partial charge in [-0.05, 0) is 75.3 Å². The second-order valence-electron chi connectivity index (χ2n) is 10.9. The number of amides is 1. The maximum atomic E-state index is 12.5. The Balaban J connectivity index is 0.000000333. The van der Waals surface area contributed by atoms with Crippen molar-refractivity contribution in [3.8, 4) is 5.75 Å². The van der Waals surface area contributed by atoms with Crippen LogP contribution in [0.4, 0.5) is 13.2 Å². The van der Waals surface area contributed by atoms with Gasteiger partial charge in [-0.3, -0.25) is 4.79 Å². The summed E-state index contributed by atoms with van der Waals surface area (Å²) in [5, 5.41) is 21.7. The molecule has 258 valence electrons. The molecule has 2 aromatic carbocycles. The van der Waals surface area contributed by atoms with Gasteiger partial charge in [0, 0.05) is 12.3 Å². The SMILES string of the molecule is C/C=C\CCCC(=O)NC(C)C(=O)OCc1ccccc1CO[N+](=O)[O-].OC1CCCC1/C=C/CCOc1cccc(C(F)(F)F)c1. The van der Waals surface area contributed by atoms with E-state index in [1.165, 1.54) is 12.1 Å². The molecule has 1 amide bonds. The third-order valence-corrected chi connectivity index (χ3v) is 7.18. The number of hydrogen-bond acceptors (Lipinski definition) is 8. The molecule has 2 N–H and O–H groups in total. The average molecular weight is 665 g/mol. The van der Waals surface area contributed by atoms with Crippen molar-refractivity contribution in [1.29, 1.82) is 0 Å². The third-order valence-electron chi connectivity index (χ3n) is 7.18. The van der Waals surface area contributed by atoms with E-state index >= 15 is 0 Å². The number of aliphatic hydroxyl groups is 1. The quantitative estimate of drug-likeness (QED) is 0.0652. The van der Waals surface area contributed by atoms with Crippen LogP contribution in [0.2, 0.25) is 0 Å². The van der Waals surface area contributed by atoms with E-state index in [0.717, 1.165) is 37.8 Å². The molecule has 0 heterocycles. The van der Waals surface area contributed by atoms with Crippen molar-refractivity contribution in [2.24, 2.45) is 5.92 Å². The largest absolute Gasteiger partial charge is 0.493 e. The number of ether oxygens (including phenoxy) is 2. The lowest BCUT2D eigenvalue weighted by molar-refractivity contribution is -0.763. The van der Waals surface area contributed by atoms with Gasteiger partial charge in [-0.1, -0.05) is 61.1 Å². The Morgan fingerprint density at radius 1 is 1.09 bits per heavy atom. The van der Waals surface area contributed by atoms with Crippen LogP contribution in [0.1, 0.15) is 75.5 Å². The van der Waals surface area contributed by atoms with Crippen molar-refractivity contribution in [2.75, 3.05) is 6.61 Å². The molecule has 1 aliphatic carbocycles. The summed E-state index contributed by atoms with van der Waals surface area (Å²) in [6.45, 7) is 3.51. The van der Waals surface area contributed by atoms with E-state index in [-0.39, 0.29) is 36.9 Å². The molecule has 10 nitrogen and oxygen atoms in total. The van der Waals surface area contributed by atoms with Gasteiger partial charge in [-0.15, -0.1) is 10.1 Å². The molecule has 3 unspecified atom stereocenters. The zero-order valence-corrected chi connectivity index (χ0v) is 26.6. The molecule has 0 aliphatic heterocycles. The molecule has 0 radical (unpaired) electrons. The number of halogens is 3. The molecule has 2 aromatic rings. The monoisotopic (exact) mass is 664 g/mol. The van der Waals surface area contributed by atoms with Crippen LogP contribution >= 0.6 is 0 Å². The predicted octanol–water partition coefficient (Wildman–Crippen LogP) is 6.88. The summed E-state index contributed by atoms with van der Waals surface area (Å²) in [6.07, 6.45) is 8.54. The summed E-state index contributed by atoms with van der Waals surface area (Å²) in [7, 11) is 0. The highest BCUT2D eigenvalue weighted by Crippen LogP contribution is 2.31. The van der Waals surface area contributed by atoms with Gasteiger partial charge in [0.15, 0.2) is 0 Å². The van der Waals surface area contributed by atoms with Gasteiger partial charge in [-0.2, -0.15) is 13.2 Å². The number of allylic oxidation sites excluding steroid dienone is 2. The maximum Gasteiger partial charge on any atom is 0.416 e. The topological polar surface area (TPSA) is 137 Å². The molecule has 13 heteroatoms. The van der Waals surface area contributed by atoms with E-state index in [1.54, 1.807) is 31.2 Å². The van der Waals surface area contributed by atoms with Crippen molar-refractivity contribution in [3.63, 3.8) is 0 Å². The van der Waals surface area contributed by atoms with E-state index in [0.29, 0.717) is 37.0 Å². The van der Waals surface area contributed by atoms with Crippen molar-refractivity contribution in [1.82, 2.24) is 5.32 Å². The Bertz CT molecular complexity index is 1330. The highest BCUT2D eigenvalue weighted by Gasteiger charge is 2.30. The van der Waals surface area contributed by atoms with Gasteiger partial charge in [0.1, 0.15) is 25.0 Å². The number of carbonyl (C=O) groups excluding carboxylic acids is 2. The first kappa shape index (κ1) is 38.8. The van der Waals surface area contributed by atoms with Crippen LogP contribution < -0.4 is 10.1 Å².